The summed E-state index contributed by atoms with van der Waals surface area (Å²) < 4.78 is 4.48. The van der Waals surface area contributed by atoms with Gasteiger partial charge in [0.05, 0.1) is 6.42 Å². The molecular weight excluding hydrogens is 174 g/mol. The lowest BCUT2D eigenvalue weighted by atomic mass is 10.4. The number of esters is 1. The smallest absolute Gasteiger partial charge is 0.315 e. The Balaban J connectivity index is 3.92. The van der Waals surface area contributed by atoms with E-state index in [4.69, 9.17) is 5.11 Å². The van der Waals surface area contributed by atoms with Crippen molar-refractivity contribution in [2.45, 2.75) is 6.42 Å². The number of amides is 1. The summed E-state index contributed by atoms with van der Waals surface area (Å²) in [5.41, 5.74) is 0. The lowest BCUT2D eigenvalue weighted by Gasteiger charge is -2.04. The van der Waals surface area contributed by atoms with Gasteiger partial charge in [0, 0.05) is 0 Å². The zero-order chi connectivity index (χ0) is 10.3. The molecule has 0 saturated carbocycles. The minimum atomic E-state index is -0.722. The minimum absolute atomic E-state index is 0.00538. The predicted molar refractivity (Wildman–Crippen MR) is 45.3 cm³/mol. The molecule has 0 rings (SSSR count). The van der Waals surface area contributed by atoms with E-state index in [1.807, 2.05) is 5.32 Å². The van der Waals surface area contributed by atoms with Crippen LogP contribution in [0.4, 0.5) is 0 Å². The Morgan fingerprint density at radius 1 is 1.54 bits per heavy atom. The molecule has 5 nitrogen and oxygen atoms in total. The molecule has 0 spiro atoms. The summed E-state index contributed by atoms with van der Waals surface area (Å²) in [7, 11) is 0. The molecule has 1 amide bonds. The van der Waals surface area contributed by atoms with Gasteiger partial charge in [0.2, 0.25) is 0 Å². The first-order valence-electron chi connectivity index (χ1n) is 3.51. The summed E-state index contributed by atoms with van der Waals surface area (Å²) in [5.74, 6) is -1.69. The second-order valence-corrected chi connectivity index (χ2v) is 2.05. The van der Waals surface area contributed by atoms with Gasteiger partial charge >= 0.3 is 5.97 Å². The molecule has 0 bridgehead atoms. The Bertz CT molecular complexity index is 234. The Morgan fingerprint density at radius 3 is 2.62 bits per heavy atom. The second kappa shape index (κ2) is 5.96. The largest absolute Gasteiger partial charge is 0.421 e. The van der Waals surface area contributed by atoms with E-state index in [0.717, 1.165) is 0 Å². The molecule has 0 aliphatic rings. The third kappa shape index (κ3) is 4.76. The fourth-order valence-corrected chi connectivity index (χ4v) is 0.514. The van der Waals surface area contributed by atoms with Gasteiger partial charge in [-0.2, -0.15) is 0 Å². The first kappa shape index (κ1) is 11.4. The Labute approximate surface area is 75.7 Å². The van der Waals surface area contributed by atoms with Gasteiger partial charge in [-0.3, -0.25) is 9.59 Å². The maximum atomic E-state index is 10.8. The van der Waals surface area contributed by atoms with Crippen LogP contribution < -0.4 is 5.32 Å². The van der Waals surface area contributed by atoms with E-state index in [9.17, 15) is 9.59 Å². The number of hydrogen-bond acceptors (Lipinski definition) is 4. The lowest BCUT2D eigenvalue weighted by Crippen LogP contribution is -2.27. The topological polar surface area (TPSA) is 75.6 Å². The lowest BCUT2D eigenvalue weighted by molar-refractivity contribution is -0.142. The Hall–Kier alpha value is -1.62. The van der Waals surface area contributed by atoms with Crippen LogP contribution in [0.25, 0.3) is 0 Å². The minimum Gasteiger partial charge on any atom is -0.421 e. The van der Waals surface area contributed by atoms with Crippen molar-refractivity contribution >= 4 is 11.9 Å². The van der Waals surface area contributed by atoms with Crippen LogP contribution in [0.3, 0.4) is 0 Å². The fraction of sp³-hybridized carbons (Fsp3) is 0.250. The number of nitrogens with one attached hydrogen (secondary N) is 1. The highest BCUT2D eigenvalue weighted by molar-refractivity contribution is 5.93. The zero-order valence-electron chi connectivity index (χ0n) is 7.08. The summed E-state index contributed by atoms with van der Waals surface area (Å²) in [6.45, 7) is 5.98. The number of carbonyl (C=O) groups is 2. The van der Waals surface area contributed by atoms with Crippen molar-refractivity contribution in [1.82, 2.24) is 5.32 Å². The molecule has 0 fully saturated rings. The van der Waals surface area contributed by atoms with E-state index in [1.165, 1.54) is 6.08 Å². The van der Waals surface area contributed by atoms with E-state index < -0.39 is 18.6 Å². The van der Waals surface area contributed by atoms with Crippen LogP contribution in [-0.2, 0) is 14.3 Å². The van der Waals surface area contributed by atoms with Crippen molar-refractivity contribution < 1.29 is 19.4 Å². The number of rotatable bonds is 5. The van der Waals surface area contributed by atoms with Crippen LogP contribution in [0, 0.1) is 0 Å². The summed E-state index contributed by atoms with van der Waals surface area (Å²) >= 11 is 0. The average Bonchev–Trinajstić information content (AvgIpc) is 2.05. The standard InChI is InChI=1S/C8H11NO4/c1-3-4-7(11)13-6(2)8(12)9-5-10/h3,10H,1-2,4-5H2,(H,9,12). The number of ether oxygens (including phenoxy) is 1. The Morgan fingerprint density at radius 2 is 2.15 bits per heavy atom. The molecule has 0 radical (unpaired) electrons. The SMILES string of the molecule is C=CCC(=O)OC(=C)C(=O)NCO. The Kier molecular flexibility index (Phi) is 5.22. The number of hydrogen-bond donors (Lipinski definition) is 2. The van der Waals surface area contributed by atoms with Crippen molar-refractivity contribution in [3.63, 3.8) is 0 Å². The molecule has 0 aromatic heterocycles. The van der Waals surface area contributed by atoms with E-state index in [-0.39, 0.29) is 12.2 Å². The highest BCUT2D eigenvalue weighted by Crippen LogP contribution is 1.97. The second-order valence-electron chi connectivity index (χ2n) is 2.05. The number of aliphatic hydroxyl groups is 1. The van der Waals surface area contributed by atoms with Crippen LogP contribution in [0.2, 0.25) is 0 Å². The number of carbonyl (C=O) groups excluding carboxylic acids is 2. The average molecular weight is 185 g/mol. The molecule has 0 aliphatic heterocycles. The quantitative estimate of drug-likeness (QED) is 0.202. The van der Waals surface area contributed by atoms with Crippen LogP contribution >= 0.6 is 0 Å². The molecule has 0 aromatic rings. The van der Waals surface area contributed by atoms with E-state index in [2.05, 4.69) is 17.9 Å². The predicted octanol–water partition coefficient (Wildman–Crippen LogP) is -0.315. The van der Waals surface area contributed by atoms with Gasteiger partial charge in [0.1, 0.15) is 6.73 Å². The van der Waals surface area contributed by atoms with Gasteiger partial charge in [-0.1, -0.05) is 12.7 Å². The van der Waals surface area contributed by atoms with Crippen LogP contribution in [0.1, 0.15) is 6.42 Å². The molecule has 0 aromatic carbocycles. The van der Waals surface area contributed by atoms with Crippen molar-refractivity contribution in [2.24, 2.45) is 0 Å². The summed E-state index contributed by atoms with van der Waals surface area (Å²) in [5, 5.41) is 10.3. The van der Waals surface area contributed by atoms with Gasteiger partial charge < -0.3 is 15.2 Å². The first-order chi connectivity index (χ1) is 6.11. The molecule has 72 valence electrons. The van der Waals surface area contributed by atoms with Gasteiger partial charge in [-0.25, -0.2) is 0 Å². The molecule has 2 N–H and O–H groups in total. The maximum absolute atomic E-state index is 10.8. The fourth-order valence-electron chi connectivity index (χ4n) is 0.514. The van der Waals surface area contributed by atoms with Crippen molar-refractivity contribution in [2.75, 3.05) is 6.73 Å². The molecule has 0 atom stereocenters. The molecule has 0 saturated heterocycles. The zero-order valence-corrected chi connectivity index (χ0v) is 7.08. The highest BCUT2D eigenvalue weighted by Gasteiger charge is 2.10. The number of aliphatic hydroxyl groups excluding tert-OH is 1. The van der Waals surface area contributed by atoms with E-state index in [0.29, 0.717) is 0 Å². The summed E-state index contributed by atoms with van der Waals surface area (Å²) in [6.07, 6.45) is 1.35. The van der Waals surface area contributed by atoms with Gasteiger partial charge in [-0.15, -0.1) is 6.58 Å². The molecular formula is C8H11NO4. The molecule has 5 heteroatoms. The monoisotopic (exact) mass is 185 g/mol. The normalized spacial score (nSPS) is 8.69. The molecule has 13 heavy (non-hydrogen) atoms. The first-order valence-corrected chi connectivity index (χ1v) is 3.51. The molecule has 0 aliphatic carbocycles. The van der Waals surface area contributed by atoms with Gasteiger partial charge in [0.25, 0.3) is 5.91 Å². The van der Waals surface area contributed by atoms with Gasteiger partial charge in [-0.05, 0) is 0 Å². The van der Waals surface area contributed by atoms with Crippen LogP contribution in [-0.4, -0.2) is 23.7 Å². The van der Waals surface area contributed by atoms with Gasteiger partial charge in [0.15, 0.2) is 5.76 Å². The third-order valence-electron chi connectivity index (χ3n) is 1.04. The van der Waals surface area contributed by atoms with Crippen LogP contribution in [0.5, 0.6) is 0 Å². The summed E-state index contributed by atoms with van der Waals surface area (Å²) in [6, 6.07) is 0. The highest BCUT2D eigenvalue weighted by atomic mass is 16.5. The molecule has 0 heterocycles. The van der Waals surface area contributed by atoms with E-state index >= 15 is 0 Å². The third-order valence-corrected chi connectivity index (χ3v) is 1.04. The van der Waals surface area contributed by atoms with Crippen LogP contribution in [0.15, 0.2) is 25.0 Å². The maximum Gasteiger partial charge on any atom is 0.315 e. The van der Waals surface area contributed by atoms with Crippen molar-refractivity contribution in [3.8, 4) is 0 Å². The van der Waals surface area contributed by atoms with E-state index in [1.54, 1.807) is 0 Å². The molecule has 0 unspecified atom stereocenters. The summed E-state index contributed by atoms with van der Waals surface area (Å²) in [4.78, 5) is 21.6. The van der Waals surface area contributed by atoms with Crippen molar-refractivity contribution in [3.05, 3.63) is 25.0 Å². The van der Waals surface area contributed by atoms with Crippen molar-refractivity contribution in [1.29, 1.82) is 0 Å².